The number of fused-ring (bicyclic) bond motifs is 1. The second-order valence-corrected chi connectivity index (χ2v) is 8.37. The Bertz CT molecular complexity index is 1440. The quantitative estimate of drug-likeness (QED) is 0.255. The molecule has 0 aliphatic heterocycles. The van der Waals surface area contributed by atoms with Gasteiger partial charge in [-0.2, -0.15) is 0 Å². The molecule has 3 heterocycles. The number of halogens is 3. The third-order valence-electron chi connectivity index (χ3n) is 5.09. The molecule has 0 spiro atoms. The molecule has 0 aliphatic carbocycles. The summed E-state index contributed by atoms with van der Waals surface area (Å²) in [5, 5.41) is 2.05. The first-order valence-electron chi connectivity index (χ1n) is 9.64. The molecule has 158 valence electrons. The average molecular weight is 483 g/mol. The number of hydrogen-bond acceptors (Lipinski definition) is 4. The molecular formula is C24H14Cl3N3O2. The topological polar surface area (TPSA) is 60.9 Å². The summed E-state index contributed by atoms with van der Waals surface area (Å²) >= 11 is 19.0. The van der Waals surface area contributed by atoms with Crippen LogP contribution in [0.1, 0.15) is 21.8 Å². The molecule has 0 saturated heterocycles. The number of hydrogen-bond donors (Lipinski definition) is 0. The number of pyridine rings is 1. The van der Waals surface area contributed by atoms with Gasteiger partial charge < -0.3 is 8.98 Å². The Balaban J connectivity index is 1.60. The molecule has 8 heteroatoms. The zero-order chi connectivity index (χ0) is 22.2. The van der Waals surface area contributed by atoms with E-state index in [1.54, 1.807) is 30.6 Å². The molecule has 5 aromatic rings. The molecule has 5 nitrogen and oxygen atoms in total. The van der Waals surface area contributed by atoms with Crippen molar-refractivity contribution in [3.05, 3.63) is 105 Å². The van der Waals surface area contributed by atoms with E-state index in [0.29, 0.717) is 27.7 Å². The van der Waals surface area contributed by atoms with E-state index < -0.39 is 5.78 Å². The molecule has 0 unspecified atom stereocenters. The molecule has 0 bridgehead atoms. The highest BCUT2D eigenvalue weighted by Crippen LogP contribution is 2.35. The lowest BCUT2D eigenvalue weighted by molar-refractivity contribution is 0.100. The molecule has 3 aromatic heterocycles. The fraction of sp³-hybridized carbons (Fsp3) is 0.0417. The standard InChI is InChI=1S/C24H14Cl3N3O2/c25-16-5-3-14(4-6-16)13-30-19-8-7-17(26)10-18(19)21(23(30)27)22(31)24-29-12-20(32-24)15-2-1-9-28-11-15/h1-12H,13H2. The Morgan fingerprint density at radius 2 is 1.75 bits per heavy atom. The van der Waals surface area contributed by atoms with Gasteiger partial charge >= 0.3 is 0 Å². The predicted molar refractivity (Wildman–Crippen MR) is 126 cm³/mol. The zero-order valence-electron chi connectivity index (χ0n) is 16.4. The molecule has 32 heavy (non-hydrogen) atoms. The third kappa shape index (κ3) is 3.79. The van der Waals surface area contributed by atoms with Crippen LogP contribution in [0, 0.1) is 0 Å². The van der Waals surface area contributed by atoms with Crippen molar-refractivity contribution in [2.75, 3.05) is 0 Å². The molecule has 0 aliphatic rings. The van der Waals surface area contributed by atoms with Gasteiger partial charge in [-0.1, -0.05) is 46.9 Å². The van der Waals surface area contributed by atoms with Crippen molar-refractivity contribution in [1.82, 2.24) is 14.5 Å². The van der Waals surface area contributed by atoms with Crippen molar-refractivity contribution in [2.45, 2.75) is 6.54 Å². The van der Waals surface area contributed by atoms with Gasteiger partial charge in [0.15, 0.2) is 5.76 Å². The lowest BCUT2D eigenvalue weighted by Gasteiger charge is -2.08. The summed E-state index contributed by atoms with van der Waals surface area (Å²) in [6.45, 7) is 0.452. The number of ketones is 1. The Morgan fingerprint density at radius 1 is 0.969 bits per heavy atom. The molecule has 2 aromatic carbocycles. The van der Waals surface area contributed by atoms with Gasteiger partial charge in [0, 0.05) is 39.9 Å². The summed E-state index contributed by atoms with van der Waals surface area (Å²) in [7, 11) is 0. The monoisotopic (exact) mass is 481 g/mol. The van der Waals surface area contributed by atoms with Crippen molar-refractivity contribution in [3.8, 4) is 11.3 Å². The van der Waals surface area contributed by atoms with Crippen LogP contribution in [0.5, 0.6) is 0 Å². The van der Waals surface area contributed by atoms with E-state index in [1.807, 2.05) is 41.0 Å². The Hall–Kier alpha value is -3.12. The summed E-state index contributed by atoms with van der Waals surface area (Å²) in [6, 6.07) is 16.4. The summed E-state index contributed by atoms with van der Waals surface area (Å²) in [5.74, 6) is -0.0379. The largest absolute Gasteiger partial charge is 0.433 e. The van der Waals surface area contributed by atoms with Gasteiger partial charge in [0.25, 0.3) is 11.7 Å². The molecule has 0 atom stereocenters. The highest BCUT2D eigenvalue weighted by molar-refractivity contribution is 6.37. The van der Waals surface area contributed by atoms with Crippen molar-refractivity contribution in [2.24, 2.45) is 0 Å². The van der Waals surface area contributed by atoms with Crippen molar-refractivity contribution in [1.29, 1.82) is 0 Å². The molecule has 0 radical (unpaired) electrons. The van der Waals surface area contributed by atoms with Crippen LogP contribution >= 0.6 is 34.8 Å². The first-order chi connectivity index (χ1) is 15.5. The van der Waals surface area contributed by atoms with E-state index in [2.05, 4.69) is 9.97 Å². The van der Waals surface area contributed by atoms with E-state index in [-0.39, 0.29) is 16.6 Å². The smallest absolute Gasteiger partial charge is 0.268 e. The first-order valence-corrected chi connectivity index (χ1v) is 10.8. The van der Waals surface area contributed by atoms with E-state index >= 15 is 0 Å². The normalized spacial score (nSPS) is 11.2. The lowest BCUT2D eigenvalue weighted by atomic mass is 10.1. The van der Waals surface area contributed by atoms with Crippen molar-refractivity contribution < 1.29 is 9.21 Å². The van der Waals surface area contributed by atoms with Crippen molar-refractivity contribution in [3.63, 3.8) is 0 Å². The van der Waals surface area contributed by atoms with Gasteiger partial charge in [-0.15, -0.1) is 0 Å². The number of nitrogens with zero attached hydrogens (tertiary/aromatic N) is 3. The highest BCUT2D eigenvalue weighted by Gasteiger charge is 2.26. The van der Waals surface area contributed by atoms with Crippen LogP contribution in [0.3, 0.4) is 0 Å². The van der Waals surface area contributed by atoms with Gasteiger partial charge in [0.1, 0.15) is 5.15 Å². The number of aromatic nitrogens is 3. The highest BCUT2D eigenvalue weighted by atomic mass is 35.5. The van der Waals surface area contributed by atoms with Gasteiger partial charge in [0.05, 0.1) is 17.3 Å². The van der Waals surface area contributed by atoms with Gasteiger partial charge in [0.2, 0.25) is 0 Å². The lowest BCUT2D eigenvalue weighted by Crippen LogP contribution is -2.04. The summed E-state index contributed by atoms with van der Waals surface area (Å²) in [5.41, 5.74) is 2.77. The second-order valence-electron chi connectivity index (χ2n) is 7.14. The minimum atomic E-state index is -0.424. The molecule has 5 rings (SSSR count). The fourth-order valence-electron chi connectivity index (χ4n) is 3.57. The van der Waals surface area contributed by atoms with E-state index in [0.717, 1.165) is 16.6 Å². The number of carbonyl (C=O) groups is 1. The Morgan fingerprint density at radius 3 is 2.50 bits per heavy atom. The fourth-order valence-corrected chi connectivity index (χ4v) is 4.20. The molecular weight excluding hydrogens is 469 g/mol. The zero-order valence-corrected chi connectivity index (χ0v) is 18.7. The van der Waals surface area contributed by atoms with E-state index in [9.17, 15) is 4.79 Å². The van der Waals surface area contributed by atoms with Crippen LogP contribution in [0.2, 0.25) is 15.2 Å². The number of oxazole rings is 1. The first kappa shape index (κ1) is 20.8. The summed E-state index contributed by atoms with van der Waals surface area (Å²) in [4.78, 5) is 21.7. The molecule has 0 amide bonds. The van der Waals surface area contributed by atoms with Crippen LogP contribution in [0.4, 0.5) is 0 Å². The van der Waals surface area contributed by atoms with Gasteiger partial charge in [-0.3, -0.25) is 9.78 Å². The van der Waals surface area contributed by atoms with E-state index in [1.165, 1.54) is 6.20 Å². The average Bonchev–Trinajstić information content (AvgIpc) is 3.39. The van der Waals surface area contributed by atoms with Crippen LogP contribution in [-0.2, 0) is 6.54 Å². The van der Waals surface area contributed by atoms with Crippen LogP contribution in [-0.4, -0.2) is 20.3 Å². The van der Waals surface area contributed by atoms with Crippen molar-refractivity contribution >= 4 is 51.5 Å². The minimum absolute atomic E-state index is 0.0590. The minimum Gasteiger partial charge on any atom is -0.433 e. The van der Waals surface area contributed by atoms with Crippen LogP contribution < -0.4 is 0 Å². The Kier molecular flexibility index (Phi) is 5.47. The molecule has 0 N–H and O–H groups in total. The van der Waals surface area contributed by atoms with Crippen LogP contribution in [0.25, 0.3) is 22.2 Å². The molecule has 0 saturated carbocycles. The molecule has 0 fully saturated rings. The maximum atomic E-state index is 13.4. The maximum absolute atomic E-state index is 13.4. The van der Waals surface area contributed by atoms with Gasteiger partial charge in [-0.25, -0.2) is 4.98 Å². The van der Waals surface area contributed by atoms with Crippen LogP contribution in [0.15, 0.2) is 77.6 Å². The number of carbonyl (C=O) groups excluding carboxylic acids is 1. The summed E-state index contributed by atoms with van der Waals surface area (Å²) in [6.07, 6.45) is 4.79. The second kappa shape index (κ2) is 8.43. The number of rotatable bonds is 5. The predicted octanol–water partition coefficient (Wildman–Crippen LogP) is 6.93. The Labute approximate surface area is 198 Å². The SMILES string of the molecule is O=C(c1ncc(-c2cccnc2)o1)c1c(Cl)n(Cc2ccc(Cl)cc2)c2ccc(Cl)cc12. The van der Waals surface area contributed by atoms with E-state index in [4.69, 9.17) is 39.2 Å². The number of benzene rings is 2. The van der Waals surface area contributed by atoms with Gasteiger partial charge in [-0.05, 0) is 48.0 Å². The maximum Gasteiger partial charge on any atom is 0.268 e. The summed E-state index contributed by atoms with van der Waals surface area (Å²) < 4.78 is 7.60. The third-order valence-corrected chi connectivity index (χ3v) is 5.97.